The Bertz CT molecular complexity index is 855. The van der Waals surface area contributed by atoms with Gasteiger partial charge in [-0.25, -0.2) is 8.42 Å². The Kier molecular flexibility index (Phi) is 4.71. The van der Waals surface area contributed by atoms with Crippen LogP contribution in [0.15, 0.2) is 53.4 Å². The summed E-state index contributed by atoms with van der Waals surface area (Å²) in [4.78, 5) is 11.4. The monoisotopic (exact) mass is 336 g/mol. The average Bonchev–Trinajstić information content (AvgIpc) is 2.55. The number of halogens is 2. The number of carbonyl (C=O) groups is 1. The zero-order chi connectivity index (χ0) is 17.0. The average molecular weight is 336 g/mol. The second-order valence-corrected chi connectivity index (χ2v) is 6.39. The third-order valence-corrected chi connectivity index (χ3v) is 4.35. The van der Waals surface area contributed by atoms with E-state index >= 15 is 0 Å². The summed E-state index contributed by atoms with van der Waals surface area (Å²) in [5.41, 5.74) is 0.962. The van der Waals surface area contributed by atoms with Gasteiger partial charge in [-0.05, 0) is 48.5 Å². The lowest BCUT2D eigenvalue weighted by Crippen LogP contribution is -2.13. The summed E-state index contributed by atoms with van der Waals surface area (Å²) in [7, 11) is -4.66. The molecule has 0 saturated carbocycles. The van der Waals surface area contributed by atoms with Crippen molar-refractivity contribution < 1.29 is 22.0 Å². The van der Waals surface area contributed by atoms with E-state index in [9.17, 15) is 22.0 Å². The SMILES string of the molecule is N#Cc1ccc(C(=O)Nc2ccc(S(=O)(=O)C(F)F)cc2)cc1. The van der Waals surface area contributed by atoms with E-state index in [1.54, 1.807) is 0 Å². The Hall–Kier alpha value is -2.79. The summed E-state index contributed by atoms with van der Waals surface area (Å²) < 4.78 is 47.4. The van der Waals surface area contributed by atoms with Gasteiger partial charge in [0.15, 0.2) is 0 Å². The third-order valence-electron chi connectivity index (χ3n) is 2.95. The summed E-state index contributed by atoms with van der Waals surface area (Å²) in [5, 5.41) is 11.2. The molecule has 0 unspecified atom stereocenters. The van der Waals surface area contributed by atoms with Gasteiger partial charge in [-0.3, -0.25) is 4.79 Å². The molecule has 118 valence electrons. The first-order valence-electron chi connectivity index (χ1n) is 6.28. The van der Waals surface area contributed by atoms with Crippen LogP contribution in [-0.2, 0) is 9.84 Å². The summed E-state index contributed by atoms with van der Waals surface area (Å²) in [6, 6.07) is 12.2. The van der Waals surface area contributed by atoms with E-state index in [1.165, 1.54) is 36.4 Å². The second kappa shape index (κ2) is 6.54. The van der Waals surface area contributed by atoms with E-state index in [0.29, 0.717) is 11.1 Å². The first kappa shape index (κ1) is 16.6. The minimum Gasteiger partial charge on any atom is -0.322 e. The van der Waals surface area contributed by atoms with E-state index in [-0.39, 0.29) is 5.69 Å². The van der Waals surface area contributed by atoms with Crippen LogP contribution in [0, 0.1) is 11.3 Å². The van der Waals surface area contributed by atoms with Gasteiger partial charge < -0.3 is 5.32 Å². The molecule has 0 fully saturated rings. The lowest BCUT2D eigenvalue weighted by Gasteiger charge is -2.07. The normalized spacial score (nSPS) is 11.0. The Morgan fingerprint density at radius 1 is 1.04 bits per heavy atom. The van der Waals surface area contributed by atoms with Crippen molar-refractivity contribution in [2.24, 2.45) is 0 Å². The highest BCUT2D eigenvalue weighted by Crippen LogP contribution is 2.20. The fourth-order valence-corrected chi connectivity index (χ4v) is 2.45. The van der Waals surface area contributed by atoms with Gasteiger partial charge in [-0.2, -0.15) is 14.0 Å². The predicted molar refractivity (Wildman–Crippen MR) is 78.7 cm³/mol. The lowest BCUT2D eigenvalue weighted by atomic mass is 10.1. The molecule has 23 heavy (non-hydrogen) atoms. The number of benzene rings is 2. The molecule has 0 aliphatic carbocycles. The van der Waals surface area contributed by atoms with E-state index in [1.807, 2.05) is 6.07 Å². The highest BCUT2D eigenvalue weighted by atomic mass is 32.2. The first-order valence-corrected chi connectivity index (χ1v) is 7.83. The fraction of sp³-hybridized carbons (Fsp3) is 0.0667. The van der Waals surface area contributed by atoms with Gasteiger partial charge in [0.05, 0.1) is 16.5 Å². The molecule has 2 aromatic carbocycles. The minimum absolute atomic E-state index is 0.257. The molecule has 0 bridgehead atoms. The van der Waals surface area contributed by atoms with Crippen LogP contribution >= 0.6 is 0 Å². The minimum atomic E-state index is -4.66. The molecule has 0 aliphatic heterocycles. The van der Waals surface area contributed by atoms with Crippen LogP contribution in [0.5, 0.6) is 0 Å². The molecular formula is C15H10F2N2O3S. The molecular weight excluding hydrogens is 326 g/mol. The number of nitrogens with one attached hydrogen (secondary N) is 1. The summed E-state index contributed by atoms with van der Waals surface area (Å²) >= 11 is 0. The Balaban J connectivity index is 2.14. The van der Waals surface area contributed by atoms with Crippen LogP contribution < -0.4 is 5.32 Å². The molecule has 2 aromatic rings. The number of carbonyl (C=O) groups excluding carboxylic acids is 1. The van der Waals surface area contributed by atoms with Crippen molar-refractivity contribution in [1.29, 1.82) is 5.26 Å². The molecule has 0 spiro atoms. The summed E-state index contributed by atoms with van der Waals surface area (Å²) in [5.74, 6) is -3.97. The molecule has 0 aromatic heterocycles. The zero-order valence-corrected chi connectivity index (χ0v) is 12.3. The largest absolute Gasteiger partial charge is 0.341 e. The molecule has 1 amide bonds. The number of sulfone groups is 1. The van der Waals surface area contributed by atoms with Crippen molar-refractivity contribution in [2.45, 2.75) is 10.7 Å². The number of anilines is 1. The number of rotatable bonds is 4. The van der Waals surface area contributed by atoms with Crippen molar-refractivity contribution in [3.8, 4) is 6.07 Å². The number of hydrogen-bond acceptors (Lipinski definition) is 4. The molecule has 1 N–H and O–H groups in total. The molecule has 0 atom stereocenters. The second-order valence-electron chi connectivity index (χ2n) is 4.47. The third kappa shape index (κ3) is 3.70. The molecule has 5 nitrogen and oxygen atoms in total. The number of nitriles is 1. The fourth-order valence-electron chi connectivity index (χ4n) is 1.73. The number of amides is 1. The standard InChI is InChI=1S/C15H10F2N2O3S/c16-15(17)23(21,22)13-7-5-12(6-8-13)19-14(20)11-3-1-10(9-18)2-4-11/h1-8,15H,(H,19,20). The molecule has 2 rings (SSSR count). The molecule has 8 heteroatoms. The van der Waals surface area contributed by atoms with Crippen molar-refractivity contribution in [3.05, 3.63) is 59.7 Å². The van der Waals surface area contributed by atoms with Crippen LogP contribution in [0.3, 0.4) is 0 Å². The van der Waals surface area contributed by atoms with Crippen molar-refractivity contribution in [3.63, 3.8) is 0 Å². The van der Waals surface area contributed by atoms with Gasteiger partial charge >= 0.3 is 5.76 Å². The molecule has 0 aliphatic rings. The van der Waals surface area contributed by atoms with E-state index in [2.05, 4.69) is 5.32 Å². The summed E-state index contributed by atoms with van der Waals surface area (Å²) in [6.07, 6.45) is 0. The van der Waals surface area contributed by atoms with Crippen molar-refractivity contribution in [2.75, 3.05) is 5.32 Å². The maximum Gasteiger partial charge on any atom is 0.341 e. The van der Waals surface area contributed by atoms with E-state index in [4.69, 9.17) is 5.26 Å². The van der Waals surface area contributed by atoms with Crippen LogP contribution in [0.1, 0.15) is 15.9 Å². The first-order chi connectivity index (χ1) is 10.8. The van der Waals surface area contributed by atoms with Crippen LogP contribution in [0.2, 0.25) is 0 Å². The lowest BCUT2D eigenvalue weighted by molar-refractivity contribution is 0.102. The van der Waals surface area contributed by atoms with E-state index < -0.39 is 26.4 Å². The van der Waals surface area contributed by atoms with Gasteiger partial charge in [0.1, 0.15) is 0 Å². The maximum atomic E-state index is 12.4. The zero-order valence-electron chi connectivity index (χ0n) is 11.5. The smallest absolute Gasteiger partial charge is 0.322 e. The van der Waals surface area contributed by atoms with Gasteiger partial charge in [0.2, 0.25) is 9.84 Å². The molecule has 0 saturated heterocycles. The Morgan fingerprint density at radius 2 is 1.61 bits per heavy atom. The maximum absolute atomic E-state index is 12.4. The van der Waals surface area contributed by atoms with Crippen LogP contribution in [-0.4, -0.2) is 20.1 Å². The van der Waals surface area contributed by atoms with Crippen molar-refractivity contribution in [1.82, 2.24) is 0 Å². The quantitative estimate of drug-likeness (QED) is 0.930. The van der Waals surface area contributed by atoms with Gasteiger partial charge in [-0.15, -0.1) is 0 Å². The van der Waals surface area contributed by atoms with Crippen LogP contribution in [0.4, 0.5) is 14.5 Å². The van der Waals surface area contributed by atoms with Gasteiger partial charge in [0, 0.05) is 11.3 Å². The highest BCUT2D eigenvalue weighted by molar-refractivity contribution is 7.91. The van der Waals surface area contributed by atoms with Crippen LogP contribution in [0.25, 0.3) is 0 Å². The topological polar surface area (TPSA) is 87.0 Å². The Labute approximate surface area is 131 Å². The Morgan fingerprint density at radius 3 is 2.09 bits per heavy atom. The summed E-state index contributed by atoms with van der Waals surface area (Å²) in [6.45, 7) is 0. The number of hydrogen-bond donors (Lipinski definition) is 1. The molecule has 0 heterocycles. The highest BCUT2D eigenvalue weighted by Gasteiger charge is 2.26. The van der Waals surface area contributed by atoms with E-state index in [0.717, 1.165) is 12.1 Å². The van der Waals surface area contributed by atoms with Gasteiger partial charge in [0.25, 0.3) is 5.91 Å². The van der Waals surface area contributed by atoms with Gasteiger partial charge in [-0.1, -0.05) is 0 Å². The number of nitrogens with zero attached hydrogens (tertiary/aromatic N) is 1. The predicted octanol–water partition coefficient (Wildman–Crippen LogP) is 2.81. The van der Waals surface area contributed by atoms with Crippen molar-refractivity contribution >= 4 is 21.4 Å². The molecule has 0 radical (unpaired) electrons. The number of alkyl halides is 2.